The Morgan fingerprint density at radius 2 is 1.82 bits per heavy atom. The Morgan fingerprint density at radius 1 is 1.14 bits per heavy atom. The second-order valence-corrected chi connectivity index (χ2v) is 8.43. The molecule has 1 aromatic carbocycles. The van der Waals surface area contributed by atoms with Gasteiger partial charge in [0.15, 0.2) is 0 Å². The second kappa shape index (κ2) is 9.22. The molecule has 0 radical (unpaired) electrons. The number of carbonyl (C=O) groups is 3. The molecule has 0 aromatic heterocycles. The van der Waals surface area contributed by atoms with Gasteiger partial charge in [0.1, 0.15) is 0 Å². The Kier molecular flexibility index (Phi) is 6.70. The van der Waals surface area contributed by atoms with Crippen LogP contribution in [0.25, 0.3) is 0 Å². The molecule has 3 amide bonds. The molecule has 6 heteroatoms. The normalized spacial score (nSPS) is 20.7. The van der Waals surface area contributed by atoms with Crippen LogP contribution in [0.3, 0.4) is 0 Å². The molecule has 3 rings (SSSR count). The van der Waals surface area contributed by atoms with Crippen LogP contribution in [-0.4, -0.2) is 53.2 Å². The van der Waals surface area contributed by atoms with Gasteiger partial charge in [-0.25, -0.2) is 0 Å². The lowest BCUT2D eigenvalue weighted by molar-refractivity contribution is -0.137. The van der Waals surface area contributed by atoms with Gasteiger partial charge in [0.25, 0.3) is 0 Å². The van der Waals surface area contributed by atoms with Crippen molar-refractivity contribution >= 4 is 17.7 Å². The summed E-state index contributed by atoms with van der Waals surface area (Å²) in [5, 5.41) is 3.08. The summed E-state index contributed by atoms with van der Waals surface area (Å²) < 4.78 is 0. The van der Waals surface area contributed by atoms with Crippen LogP contribution >= 0.6 is 0 Å². The lowest BCUT2D eigenvalue weighted by Gasteiger charge is -2.34. The average Bonchev–Trinajstić information content (AvgIpc) is 3.02. The summed E-state index contributed by atoms with van der Waals surface area (Å²) in [5.74, 6) is 0.329. The van der Waals surface area contributed by atoms with E-state index in [-0.39, 0.29) is 29.7 Å². The first-order valence-corrected chi connectivity index (χ1v) is 10.3. The number of hydrogen-bond donors (Lipinski definition) is 1. The predicted octanol–water partition coefficient (Wildman–Crippen LogP) is 2.19. The molecule has 2 fully saturated rings. The number of likely N-dealkylation sites (tertiary alicyclic amines) is 2. The van der Waals surface area contributed by atoms with E-state index in [0.717, 1.165) is 18.4 Å². The molecule has 1 atom stereocenters. The molecule has 2 aliphatic rings. The smallest absolute Gasteiger partial charge is 0.227 e. The minimum Gasteiger partial charge on any atom is -0.353 e. The van der Waals surface area contributed by atoms with Crippen LogP contribution < -0.4 is 5.32 Å². The molecule has 0 saturated carbocycles. The predicted molar refractivity (Wildman–Crippen MR) is 107 cm³/mol. The summed E-state index contributed by atoms with van der Waals surface area (Å²) in [7, 11) is 0. The highest BCUT2D eigenvalue weighted by molar-refractivity contribution is 5.89. The van der Waals surface area contributed by atoms with Crippen molar-refractivity contribution in [2.24, 2.45) is 11.8 Å². The maximum Gasteiger partial charge on any atom is 0.227 e. The van der Waals surface area contributed by atoms with Gasteiger partial charge >= 0.3 is 0 Å². The number of hydrogen-bond acceptors (Lipinski definition) is 3. The third-order valence-corrected chi connectivity index (χ3v) is 5.55. The van der Waals surface area contributed by atoms with Crippen LogP contribution in [0.1, 0.15) is 45.1 Å². The molecule has 2 aliphatic heterocycles. The van der Waals surface area contributed by atoms with E-state index in [9.17, 15) is 14.4 Å². The highest BCUT2D eigenvalue weighted by Gasteiger charge is 2.37. The van der Waals surface area contributed by atoms with Gasteiger partial charge in [-0.3, -0.25) is 14.4 Å². The Morgan fingerprint density at radius 3 is 2.46 bits per heavy atom. The first kappa shape index (κ1) is 20.4. The molecule has 0 spiro atoms. The van der Waals surface area contributed by atoms with Crippen molar-refractivity contribution in [2.45, 2.75) is 52.1 Å². The van der Waals surface area contributed by atoms with E-state index in [4.69, 9.17) is 0 Å². The van der Waals surface area contributed by atoms with E-state index in [1.165, 1.54) is 0 Å². The molecule has 0 bridgehead atoms. The second-order valence-electron chi connectivity index (χ2n) is 8.43. The Labute approximate surface area is 167 Å². The van der Waals surface area contributed by atoms with Crippen LogP contribution in [-0.2, 0) is 20.9 Å². The Balaban J connectivity index is 1.46. The summed E-state index contributed by atoms with van der Waals surface area (Å²) in [6.45, 7) is 6.42. The van der Waals surface area contributed by atoms with Crippen molar-refractivity contribution in [3.8, 4) is 0 Å². The van der Waals surface area contributed by atoms with Gasteiger partial charge in [-0.05, 0) is 24.3 Å². The van der Waals surface area contributed by atoms with Crippen LogP contribution in [0, 0.1) is 11.8 Å². The molecule has 2 saturated heterocycles. The monoisotopic (exact) mass is 385 g/mol. The van der Waals surface area contributed by atoms with E-state index in [1.807, 2.05) is 49.1 Å². The molecule has 152 valence electrons. The third kappa shape index (κ3) is 5.33. The third-order valence-electron chi connectivity index (χ3n) is 5.55. The molecule has 1 unspecified atom stereocenters. The fraction of sp³-hybridized carbons (Fsp3) is 0.591. The van der Waals surface area contributed by atoms with Crippen molar-refractivity contribution in [1.29, 1.82) is 0 Å². The van der Waals surface area contributed by atoms with Crippen LogP contribution in [0.2, 0.25) is 0 Å². The summed E-state index contributed by atoms with van der Waals surface area (Å²) in [4.78, 5) is 40.8. The average molecular weight is 386 g/mol. The first-order chi connectivity index (χ1) is 13.4. The highest BCUT2D eigenvalue weighted by atomic mass is 16.2. The SMILES string of the molecule is CC(C)CC(=O)NC1CCN(C(=O)C2CC(=O)N(Cc3ccccc3)C2)CC1. The van der Waals surface area contributed by atoms with Crippen molar-refractivity contribution < 1.29 is 14.4 Å². The molecule has 2 heterocycles. The minimum atomic E-state index is -0.247. The molecule has 1 N–H and O–H groups in total. The van der Waals surface area contributed by atoms with Crippen LogP contribution in [0.4, 0.5) is 0 Å². The molecule has 1 aromatic rings. The van der Waals surface area contributed by atoms with Gasteiger partial charge in [0.2, 0.25) is 17.7 Å². The van der Waals surface area contributed by atoms with E-state index in [2.05, 4.69) is 5.32 Å². The van der Waals surface area contributed by atoms with Gasteiger partial charge < -0.3 is 15.1 Å². The number of benzene rings is 1. The number of rotatable bonds is 6. The quantitative estimate of drug-likeness (QED) is 0.816. The molecular weight excluding hydrogens is 354 g/mol. The molecule has 6 nitrogen and oxygen atoms in total. The lowest BCUT2D eigenvalue weighted by Crippen LogP contribution is -2.48. The zero-order valence-electron chi connectivity index (χ0n) is 16.9. The van der Waals surface area contributed by atoms with Gasteiger partial charge in [-0.15, -0.1) is 0 Å². The maximum atomic E-state index is 12.9. The summed E-state index contributed by atoms with van der Waals surface area (Å²) in [5.41, 5.74) is 1.09. The van der Waals surface area contributed by atoms with Gasteiger partial charge in [-0.2, -0.15) is 0 Å². The largest absolute Gasteiger partial charge is 0.353 e. The first-order valence-electron chi connectivity index (χ1n) is 10.3. The zero-order valence-corrected chi connectivity index (χ0v) is 16.9. The topological polar surface area (TPSA) is 69.7 Å². The number of nitrogens with one attached hydrogen (secondary N) is 1. The molecule has 28 heavy (non-hydrogen) atoms. The maximum absolute atomic E-state index is 12.9. The summed E-state index contributed by atoms with van der Waals surface area (Å²) in [6, 6.07) is 10.0. The standard InChI is InChI=1S/C22H31N3O3/c1-16(2)12-20(26)23-19-8-10-24(11-9-19)22(28)18-13-21(27)25(15-18)14-17-6-4-3-5-7-17/h3-7,16,18-19H,8-15H2,1-2H3,(H,23,26). The summed E-state index contributed by atoms with van der Waals surface area (Å²) >= 11 is 0. The zero-order chi connectivity index (χ0) is 20.1. The number of nitrogens with zero attached hydrogens (tertiary/aromatic N) is 2. The molecular formula is C22H31N3O3. The van der Waals surface area contributed by atoms with Crippen molar-refractivity contribution in [3.63, 3.8) is 0 Å². The van der Waals surface area contributed by atoms with E-state index in [0.29, 0.717) is 44.9 Å². The highest BCUT2D eigenvalue weighted by Crippen LogP contribution is 2.24. The van der Waals surface area contributed by atoms with Crippen molar-refractivity contribution in [2.75, 3.05) is 19.6 Å². The number of carbonyl (C=O) groups excluding carboxylic acids is 3. The van der Waals surface area contributed by atoms with Crippen LogP contribution in [0.5, 0.6) is 0 Å². The summed E-state index contributed by atoms with van der Waals surface area (Å²) in [6.07, 6.45) is 2.41. The van der Waals surface area contributed by atoms with E-state index in [1.54, 1.807) is 4.90 Å². The van der Waals surface area contributed by atoms with E-state index >= 15 is 0 Å². The Hall–Kier alpha value is -2.37. The van der Waals surface area contributed by atoms with E-state index < -0.39 is 0 Å². The lowest BCUT2D eigenvalue weighted by atomic mass is 10.0. The fourth-order valence-electron chi connectivity index (χ4n) is 4.05. The molecule has 0 aliphatic carbocycles. The number of amides is 3. The van der Waals surface area contributed by atoms with Crippen LogP contribution in [0.15, 0.2) is 30.3 Å². The van der Waals surface area contributed by atoms with Crippen molar-refractivity contribution in [1.82, 2.24) is 15.1 Å². The van der Waals surface area contributed by atoms with Gasteiger partial charge in [0, 0.05) is 45.1 Å². The van der Waals surface area contributed by atoms with Gasteiger partial charge in [-0.1, -0.05) is 44.2 Å². The Bertz CT molecular complexity index is 696. The van der Waals surface area contributed by atoms with Gasteiger partial charge in [0.05, 0.1) is 5.92 Å². The number of piperidine rings is 1. The fourth-order valence-corrected chi connectivity index (χ4v) is 4.05. The minimum absolute atomic E-state index is 0.0537. The van der Waals surface area contributed by atoms with Crippen molar-refractivity contribution in [3.05, 3.63) is 35.9 Å².